The summed E-state index contributed by atoms with van der Waals surface area (Å²) in [5.41, 5.74) is 1.73. The van der Waals surface area contributed by atoms with Gasteiger partial charge in [-0.05, 0) is 23.8 Å². The first kappa shape index (κ1) is 18.5. The van der Waals surface area contributed by atoms with Crippen molar-refractivity contribution in [1.82, 2.24) is 15.2 Å². The number of aromatic nitrogens is 1. The van der Waals surface area contributed by atoms with E-state index in [0.717, 1.165) is 18.7 Å². The number of pyridine rings is 1. The molecule has 8 heteroatoms. The number of fused-ring (bicyclic) bond motifs is 1. The van der Waals surface area contributed by atoms with Gasteiger partial charge in [-0.1, -0.05) is 6.07 Å². The summed E-state index contributed by atoms with van der Waals surface area (Å²) in [7, 11) is 0. The molecule has 148 valence electrons. The van der Waals surface area contributed by atoms with Crippen LogP contribution in [0.5, 0.6) is 11.5 Å². The normalized spacial score (nSPS) is 17.6. The summed E-state index contributed by atoms with van der Waals surface area (Å²) in [5.74, 6) is 1.34. The molecule has 1 atom stereocenters. The van der Waals surface area contributed by atoms with E-state index >= 15 is 0 Å². The zero-order chi connectivity index (χ0) is 19.2. The predicted molar refractivity (Wildman–Crippen MR) is 104 cm³/mol. The van der Waals surface area contributed by atoms with E-state index in [-0.39, 0.29) is 12.1 Å². The molecular weight excluding hydrogens is 360 g/mol. The van der Waals surface area contributed by atoms with Crippen LogP contribution in [0.4, 0.5) is 10.5 Å². The SMILES string of the molecule is O=C(NC[C@@H](c1cccnc1)N1CCOCC1)Nc1ccc2c(c1)OCCO2. The maximum Gasteiger partial charge on any atom is 0.319 e. The van der Waals surface area contributed by atoms with Crippen LogP contribution in [0.3, 0.4) is 0 Å². The Morgan fingerprint density at radius 1 is 1.11 bits per heavy atom. The average molecular weight is 384 g/mol. The highest BCUT2D eigenvalue weighted by atomic mass is 16.6. The fourth-order valence-corrected chi connectivity index (χ4v) is 3.41. The number of carbonyl (C=O) groups is 1. The van der Waals surface area contributed by atoms with Gasteiger partial charge in [0.15, 0.2) is 11.5 Å². The molecule has 0 saturated carbocycles. The summed E-state index contributed by atoms with van der Waals surface area (Å²) in [5, 5.41) is 5.83. The maximum absolute atomic E-state index is 12.4. The topological polar surface area (TPSA) is 85.0 Å². The summed E-state index contributed by atoms with van der Waals surface area (Å²) >= 11 is 0. The molecule has 0 spiro atoms. The van der Waals surface area contributed by atoms with E-state index in [4.69, 9.17) is 14.2 Å². The Labute approximate surface area is 163 Å². The van der Waals surface area contributed by atoms with Gasteiger partial charge in [-0.25, -0.2) is 4.79 Å². The molecule has 1 aromatic heterocycles. The van der Waals surface area contributed by atoms with Crippen molar-refractivity contribution >= 4 is 11.7 Å². The summed E-state index contributed by atoms with van der Waals surface area (Å²) < 4.78 is 16.5. The second-order valence-electron chi connectivity index (χ2n) is 6.64. The van der Waals surface area contributed by atoms with Gasteiger partial charge in [0.1, 0.15) is 13.2 Å². The van der Waals surface area contributed by atoms with Gasteiger partial charge >= 0.3 is 6.03 Å². The van der Waals surface area contributed by atoms with Gasteiger partial charge in [0.2, 0.25) is 0 Å². The lowest BCUT2D eigenvalue weighted by Crippen LogP contribution is -2.44. The number of rotatable bonds is 5. The van der Waals surface area contributed by atoms with Crippen molar-refractivity contribution in [1.29, 1.82) is 0 Å². The van der Waals surface area contributed by atoms with Crippen LogP contribution in [-0.4, -0.2) is 62.0 Å². The molecule has 0 unspecified atom stereocenters. The third-order valence-electron chi connectivity index (χ3n) is 4.81. The molecule has 0 bridgehead atoms. The zero-order valence-corrected chi connectivity index (χ0v) is 15.6. The van der Waals surface area contributed by atoms with Crippen LogP contribution >= 0.6 is 0 Å². The van der Waals surface area contributed by atoms with Crippen molar-refractivity contribution in [3.05, 3.63) is 48.3 Å². The van der Waals surface area contributed by atoms with Gasteiger partial charge in [-0.3, -0.25) is 9.88 Å². The number of nitrogens with zero attached hydrogens (tertiary/aromatic N) is 2. The number of ether oxygens (including phenoxy) is 3. The van der Waals surface area contributed by atoms with Crippen LogP contribution in [0, 0.1) is 0 Å². The summed E-state index contributed by atoms with van der Waals surface area (Å²) in [6.07, 6.45) is 3.60. The molecule has 4 rings (SSSR count). The first-order chi connectivity index (χ1) is 13.8. The highest BCUT2D eigenvalue weighted by Gasteiger charge is 2.23. The number of urea groups is 1. The molecule has 8 nitrogen and oxygen atoms in total. The second kappa shape index (κ2) is 8.90. The Hall–Kier alpha value is -2.84. The van der Waals surface area contributed by atoms with E-state index < -0.39 is 0 Å². The molecule has 1 aromatic carbocycles. The number of benzene rings is 1. The Balaban J connectivity index is 1.38. The van der Waals surface area contributed by atoms with E-state index in [1.807, 2.05) is 18.3 Å². The molecule has 28 heavy (non-hydrogen) atoms. The lowest BCUT2D eigenvalue weighted by Gasteiger charge is -2.34. The molecule has 2 amide bonds. The Kier molecular flexibility index (Phi) is 5.89. The van der Waals surface area contributed by atoms with Gasteiger partial charge in [-0.15, -0.1) is 0 Å². The monoisotopic (exact) mass is 384 g/mol. The lowest BCUT2D eigenvalue weighted by molar-refractivity contribution is 0.0167. The van der Waals surface area contributed by atoms with Crippen LogP contribution in [0.25, 0.3) is 0 Å². The average Bonchev–Trinajstić information content (AvgIpc) is 2.75. The second-order valence-corrected chi connectivity index (χ2v) is 6.64. The summed E-state index contributed by atoms with van der Waals surface area (Å²) in [6, 6.07) is 9.10. The van der Waals surface area contributed by atoms with Crippen LogP contribution in [0.2, 0.25) is 0 Å². The first-order valence-electron chi connectivity index (χ1n) is 9.46. The van der Waals surface area contributed by atoms with Gasteiger partial charge in [0, 0.05) is 43.8 Å². The van der Waals surface area contributed by atoms with Crippen LogP contribution in [0.15, 0.2) is 42.7 Å². The maximum atomic E-state index is 12.4. The fourth-order valence-electron chi connectivity index (χ4n) is 3.41. The number of amides is 2. The van der Waals surface area contributed by atoms with Crippen molar-refractivity contribution in [3.8, 4) is 11.5 Å². The summed E-state index contributed by atoms with van der Waals surface area (Å²) in [4.78, 5) is 19.0. The molecule has 1 fully saturated rings. The van der Waals surface area contributed by atoms with E-state index in [1.54, 1.807) is 24.4 Å². The standard InChI is InChI=1S/C20H24N4O4/c25-20(23-16-3-4-18-19(12-16)28-11-10-27-18)22-14-17(15-2-1-5-21-13-15)24-6-8-26-9-7-24/h1-5,12-13,17H,6-11,14H2,(H2,22,23,25)/t17-/m0/s1. The third-order valence-corrected chi connectivity index (χ3v) is 4.81. The minimum Gasteiger partial charge on any atom is -0.486 e. The summed E-state index contributed by atoms with van der Waals surface area (Å²) in [6.45, 7) is 4.56. The van der Waals surface area contributed by atoms with Crippen LogP contribution < -0.4 is 20.1 Å². The van der Waals surface area contributed by atoms with Crippen LogP contribution in [0.1, 0.15) is 11.6 Å². The van der Waals surface area contributed by atoms with Crippen molar-refractivity contribution in [2.75, 3.05) is 51.4 Å². The number of hydrogen-bond donors (Lipinski definition) is 2. The molecule has 1 saturated heterocycles. The zero-order valence-electron chi connectivity index (χ0n) is 15.6. The highest BCUT2D eigenvalue weighted by Crippen LogP contribution is 2.32. The minimum absolute atomic E-state index is 0.0450. The minimum atomic E-state index is -0.265. The van der Waals surface area contributed by atoms with Crippen molar-refractivity contribution < 1.29 is 19.0 Å². The number of hydrogen-bond acceptors (Lipinski definition) is 6. The number of carbonyl (C=O) groups excluding carboxylic acids is 1. The van der Waals surface area contributed by atoms with Crippen molar-refractivity contribution in [3.63, 3.8) is 0 Å². The Morgan fingerprint density at radius 2 is 1.93 bits per heavy atom. The van der Waals surface area contributed by atoms with E-state index in [9.17, 15) is 4.79 Å². The Bertz CT molecular complexity index is 796. The van der Waals surface area contributed by atoms with Gasteiger partial charge in [-0.2, -0.15) is 0 Å². The van der Waals surface area contributed by atoms with Crippen molar-refractivity contribution in [2.45, 2.75) is 6.04 Å². The predicted octanol–water partition coefficient (Wildman–Crippen LogP) is 2.05. The molecular formula is C20H24N4O4. The van der Waals surface area contributed by atoms with E-state index in [0.29, 0.717) is 50.2 Å². The molecule has 0 aliphatic carbocycles. The van der Waals surface area contributed by atoms with Crippen molar-refractivity contribution in [2.24, 2.45) is 0 Å². The third kappa shape index (κ3) is 4.52. The molecule has 2 N–H and O–H groups in total. The Morgan fingerprint density at radius 3 is 2.71 bits per heavy atom. The highest BCUT2D eigenvalue weighted by molar-refractivity contribution is 5.89. The molecule has 0 radical (unpaired) electrons. The fraction of sp³-hybridized carbons (Fsp3) is 0.400. The van der Waals surface area contributed by atoms with Crippen LogP contribution in [-0.2, 0) is 4.74 Å². The molecule has 2 aliphatic heterocycles. The quantitative estimate of drug-likeness (QED) is 0.821. The smallest absolute Gasteiger partial charge is 0.319 e. The number of anilines is 1. The first-order valence-corrected chi connectivity index (χ1v) is 9.46. The van der Waals surface area contributed by atoms with Gasteiger partial charge in [0.05, 0.1) is 19.3 Å². The lowest BCUT2D eigenvalue weighted by atomic mass is 10.1. The number of morpholine rings is 1. The molecule has 3 heterocycles. The van der Waals surface area contributed by atoms with Gasteiger partial charge < -0.3 is 24.8 Å². The molecule has 2 aliphatic rings. The van der Waals surface area contributed by atoms with Gasteiger partial charge in [0.25, 0.3) is 0 Å². The number of nitrogens with one attached hydrogen (secondary N) is 2. The van der Waals surface area contributed by atoms with E-state index in [2.05, 4.69) is 20.5 Å². The molecule has 2 aromatic rings. The van der Waals surface area contributed by atoms with E-state index in [1.165, 1.54) is 0 Å². The largest absolute Gasteiger partial charge is 0.486 e.